The van der Waals surface area contributed by atoms with Gasteiger partial charge in [-0.3, -0.25) is 15.0 Å². The predicted molar refractivity (Wildman–Crippen MR) is 116 cm³/mol. The van der Waals surface area contributed by atoms with Gasteiger partial charge in [0.15, 0.2) is 5.96 Å². The molecule has 0 saturated carbocycles. The van der Waals surface area contributed by atoms with E-state index in [2.05, 4.69) is 20.6 Å². The van der Waals surface area contributed by atoms with Gasteiger partial charge in [0.25, 0.3) is 0 Å². The molecule has 1 aliphatic rings. The zero-order chi connectivity index (χ0) is 23.1. The fourth-order valence-electron chi connectivity index (χ4n) is 3.60. The van der Waals surface area contributed by atoms with Gasteiger partial charge < -0.3 is 21.1 Å². The number of guanidine groups is 1. The molecule has 12 nitrogen and oxygen atoms in total. The lowest BCUT2D eigenvalue weighted by molar-refractivity contribution is -0.137. The van der Waals surface area contributed by atoms with Gasteiger partial charge in [-0.2, -0.15) is 0 Å². The number of hydrazine groups is 1. The van der Waals surface area contributed by atoms with E-state index in [4.69, 9.17) is 11.1 Å². The van der Waals surface area contributed by atoms with Gasteiger partial charge in [0.05, 0.1) is 30.9 Å². The van der Waals surface area contributed by atoms with E-state index in [1.165, 1.54) is 4.68 Å². The van der Waals surface area contributed by atoms with Crippen LogP contribution in [0.4, 0.5) is 0 Å². The standard InChI is InChI=1S/C20H29N9O3/c1-26(29-9-7-27(8-10-29)20(21)22)12-16-13-28(25-24-16)14-18(30)23-17(11-19(31)32)15-5-3-2-4-6-15/h2-6,13,17H,7-12,14H2,1H3,(H3,21,22)(H,23,30)(H,31,32). The molecule has 0 bridgehead atoms. The van der Waals surface area contributed by atoms with Crippen LogP contribution in [0.2, 0.25) is 0 Å². The number of carboxylic acid groups (broad SMARTS) is 1. The van der Waals surface area contributed by atoms with E-state index in [-0.39, 0.29) is 24.8 Å². The molecule has 32 heavy (non-hydrogen) atoms. The molecule has 0 radical (unpaired) electrons. The minimum absolute atomic E-state index is 0.0586. The third kappa shape index (κ3) is 6.49. The van der Waals surface area contributed by atoms with E-state index in [0.717, 1.165) is 18.7 Å². The minimum atomic E-state index is -0.991. The highest BCUT2D eigenvalue weighted by Gasteiger charge is 2.22. The highest BCUT2D eigenvalue weighted by atomic mass is 16.4. The van der Waals surface area contributed by atoms with Gasteiger partial charge in [-0.1, -0.05) is 35.5 Å². The number of carboxylic acids is 1. The first-order valence-electron chi connectivity index (χ1n) is 10.3. The SMILES string of the molecule is CN(Cc1cn(CC(=O)NC(CC(=O)O)c2ccccc2)nn1)N1CCN(C(=N)N)CC1. The van der Waals surface area contributed by atoms with E-state index < -0.39 is 12.0 Å². The first-order chi connectivity index (χ1) is 15.3. The summed E-state index contributed by atoms with van der Waals surface area (Å²) in [6, 6.07) is 8.39. The molecule has 1 unspecified atom stereocenters. The Bertz CT molecular complexity index is 925. The van der Waals surface area contributed by atoms with Crippen LogP contribution in [0.25, 0.3) is 0 Å². The lowest BCUT2D eigenvalue weighted by atomic mass is 10.0. The van der Waals surface area contributed by atoms with Gasteiger partial charge in [-0.25, -0.2) is 14.7 Å². The molecule has 1 aromatic carbocycles. The van der Waals surface area contributed by atoms with Gasteiger partial charge in [0, 0.05) is 33.2 Å². The topological polar surface area (TPSA) is 157 Å². The number of aliphatic carboxylic acids is 1. The van der Waals surface area contributed by atoms with Gasteiger partial charge in [0.2, 0.25) is 5.91 Å². The van der Waals surface area contributed by atoms with E-state index in [1.54, 1.807) is 30.5 Å². The zero-order valence-corrected chi connectivity index (χ0v) is 18.0. The molecular weight excluding hydrogens is 414 g/mol. The van der Waals surface area contributed by atoms with Crippen molar-refractivity contribution in [1.82, 2.24) is 35.2 Å². The summed E-state index contributed by atoms with van der Waals surface area (Å²) < 4.78 is 1.44. The Balaban J connectivity index is 1.52. The van der Waals surface area contributed by atoms with Crippen molar-refractivity contribution in [3.63, 3.8) is 0 Å². The first kappa shape index (κ1) is 23.2. The maximum Gasteiger partial charge on any atom is 0.305 e. The molecule has 0 aliphatic carbocycles. The number of hydrogen-bond acceptors (Lipinski definition) is 7. The second kappa shape index (κ2) is 10.7. The summed E-state index contributed by atoms with van der Waals surface area (Å²) in [6.07, 6.45) is 1.50. The lowest BCUT2D eigenvalue weighted by Gasteiger charge is -2.39. The van der Waals surface area contributed by atoms with Crippen molar-refractivity contribution in [2.75, 3.05) is 33.2 Å². The fraction of sp³-hybridized carbons (Fsp3) is 0.450. The number of benzene rings is 1. The van der Waals surface area contributed by atoms with Crippen LogP contribution in [-0.2, 0) is 22.7 Å². The molecule has 1 aromatic heterocycles. The minimum Gasteiger partial charge on any atom is -0.481 e. The molecule has 12 heteroatoms. The molecule has 0 spiro atoms. The summed E-state index contributed by atoms with van der Waals surface area (Å²) in [5, 5.41) is 31.8. The van der Waals surface area contributed by atoms with Crippen molar-refractivity contribution in [1.29, 1.82) is 5.41 Å². The van der Waals surface area contributed by atoms with Crippen LogP contribution in [0.5, 0.6) is 0 Å². The second-order valence-electron chi connectivity index (χ2n) is 7.68. The molecule has 2 heterocycles. The van der Waals surface area contributed by atoms with Crippen LogP contribution < -0.4 is 11.1 Å². The number of hydrogen-bond donors (Lipinski definition) is 4. The van der Waals surface area contributed by atoms with Crippen molar-refractivity contribution in [3.05, 3.63) is 47.8 Å². The molecule has 1 fully saturated rings. The van der Waals surface area contributed by atoms with Crippen molar-refractivity contribution in [2.45, 2.75) is 25.6 Å². The monoisotopic (exact) mass is 443 g/mol. The number of amides is 1. The number of nitrogens with zero attached hydrogens (tertiary/aromatic N) is 6. The van der Waals surface area contributed by atoms with Crippen molar-refractivity contribution in [3.8, 4) is 0 Å². The Hall–Kier alpha value is -3.51. The van der Waals surface area contributed by atoms with E-state index >= 15 is 0 Å². The molecule has 5 N–H and O–H groups in total. The first-order valence-corrected chi connectivity index (χ1v) is 10.3. The van der Waals surface area contributed by atoms with Crippen LogP contribution in [0, 0.1) is 5.41 Å². The highest BCUT2D eigenvalue weighted by molar-refractivity contribution is 5.77. The van der Waals surface area contributed by atoms with E-state index in [0.29, 0.717) is 25.3 Å². The normalized spacial score (nSPS) is 15.5. The molecule has 3 rings (SSSR count). The average molecular weight is 444 g/mol. The van der Waals surface area contributed by atoms with Crippen molar-refractivity contribution in [2.24, 2.45) is 5.73 Å². The van der Waals surface area contributed by atoms with E-state index in [1.807, 2.05) is 23.0 Å². The van der Waals surface area contributed by atoms with Crippen LogP contribution in [0.15, 0.2) is 36.5 Å². The van der Waals surface area contributed by atoms with Gasteiger partial charge >= 0.3 is 5.97 Å². The molecule has 1 saturated heterocycles. The van der Waals surface area contributed by atoms with Crippen molar-refractivity contribution >= 4 is 17.8 Å². The van der Waals surface area contributed by atoms with Crippen LogP contribution in [0.1, 0.15) is 23.7 Å². The maximum absolute atomic E-state index is 12.5. The Morgan fingerprint density at radius 2 is 1.94 bits per heavy atom. The maximum atomic E-state index is 12.5. The molecule has 2 aromatic rings. The van der Waals surface area contributed by atoms with Crippen LogP contribution >= 0.6 is 0 Å². The summed E-state index contributed by atoms with van der Waals surface area (Å²) in [4.78, 5) is 25.5. The number of nitrogens with two attached hydrogens (primary N) is 1. The number of nitrogens with one attached hydrogen (secondary N) is 2. The zero-order valence-electron chi connectivity index (χ0n) is 18.0. The van der Waals surface area contributed by atoms with Gasteiger partial charge in [-0.15, -0.1) is 5.10 Å². The molecule has 1 amide bonds. The number of carbonyl (C=O) groups excluding carboxylic acids is 1. The molecule has 1 atom stereocenters. The van der Waals surface area contributed by atoms with Crippen LogP contribution in [0.3, 0.4) is 0 Å². The van der Waals surface area contributed by atoms with Crippen molar-refractivity contribution < 1.29 is 14.7 Å². The summed E-state index contributed by atoms with van der Waals surface area (Å²) in [7, 11) is 1.95. The quantitative estimate of drug-likeness (QED) is 0.295. The highest BCUT2D eigenvalue weighted by Crippen LogP contribution is 2.16. The number of piperazine rings is 1. The lowest BCUT2D eigenvalue weighted by Crippen LogP contribution is -2.54. The average Bonchev–Trinajstić information content (AvgIpc) is 3.20. The Morgan fingerprint density at radius 1 is 1.25 bits per heavy atom. The summed E-state index contributed by atoms with van der Waals surface area (Å²) in [5.41, 5.74) is 6.97. The molecular formula is C20H29N9O3. The third-order valence-corrected chi connectivity index (χ3v) is 5.28. The second-order valence-corrected chi connectivity index (χ2v) is 7.68. The fourth-order valence-corrected chi connectivity index (χ4v) is 3.60. The Morgan fingerprint density at radius 3 is 2.56 bits per heavy atom. The number of aromatic nitrogens is 3. The smallest absolute Gasteiger partial charge is 0.305 e. The Kier molecular flexibility index (Phi) is 7.73. The van der Waals surface area contributed by atoms with Crippen LogP contribution in [-0.4, -0.2) is 86.1 Å². The molecule has 1 aliphatic heterocycles. The Labute approximate surface area is 186 Å². The number of carbonyl (C=O) groups is 2. The van der Waals surface area contributed by atoms with Gasteiger partial charge in [0.1, 0.15) is 6.54 Å². The van der Waals surface area contributed by atoms with E-state index in [9.17, 15) is 14.7 Å². The summed E-state index contributed by atoms with van der Waals surface area (Å²) >= 11 is 0. The summed E-state index contributed by atoms with van der Waals surface area (Å²) in [5.74, 6) is -1.24. The number of rotatable bonds is 9. The largest absolute Gasteiger partial charge is 0.481 e. The molecule has 172 valence electrons. The predicted octanol–water partition coefficient (Wildman–Crippen LogP) is -0.532. The summed E-state index contributed by atoms with van der Waals surface area (Å²) in [6.45, 7) is 3.33. The van der Waals surface area contributed by atoms with Gasteiger partial charge in [-0.05, 0) is 5.56 Å². The third-order valence-electron chi connectivity index (χ3n) is 5.28.